The average Bonchev–Trinajstić information content (AvgIpc) is 3.30. The van der Waals surface area contributed by atoms with E-state index >= 15 is 0 Å². The Kier molecular flexibility index (Phi) is 5.81. The number of carbonyl (C=O) groups is 1. The molecule has 0 aliphatic heterocycles. The van der Waals surface area contributed by atoms with Crippen LogP contribution in [0.3, 0.4) is 0 Å². The summed E-state index contributed by atoms with van der Waals surface area (Å²) in [6.45, 7) is 0. The maximum Gasteiger partial charge on any atom is 0.247 e. The van der Waals surface area contributed by atoms with Gasteiger partial charge in [-0.25, -0.2) is 4.98 Å². The number of rotatable bonds is 4. The molecule has 6 nitrogen and oxygen atoms in total. The molecule has 0 saturated heterocycles. The summed E-state index contributed by atoms with van der Waals surface area (Å²) in [6.07, 6.45) is 3.17. The largest absolute Gasteiger partial charge is 0.420 e. The zero-order chi connectivity index (χ0) is 22.1. The highest BCUT2D eigenvalue weighted by atomic mass is 35.5. The lowest BCUT2D eigenvalue weighted by Crippen LogP contribution is -2.27. The smallest absolute Gasteiger partial charge is 0.247 e. The second kappa shape index (κ2) is 8.88. The number of nitrogens with zero attached hydrogens (tertiary/aromatic N) is 3. The number of carbonyl (C=O) groups excluding carboxylic acids is 1. The van der Waals surface area contributed by atoms with E-state index < -0.39 is 0 Å². The maximum atomic E-state index is 12.8. The van der Waals surface area contributed by atoms with Gasteiger partial charge in [-0.2, -0.15) is 0 Å². The first-order valence-corrected chi connectivity index (χ1v) is 11.3. The fraction of sp³-hybridized carbons (Fsp3) is 0.250. The minimum absolute atomic E-state index is 0.00311. The summed E-state index contributed by atoms with van der Waals surface area (Å²) in [7, 11) is 0. The fourth-order valence-corrected chi connectivity index (χ4v) is 4.41. The second-order valence-corrected chi connectivity index (χ2v) is 8.90. The Labute approximate surface area is 195 Å². The van der Waals surface area contributed by atoms with Gasteiger partial charge in [0.25, 0.3) is 0 Å². The Balaban J connectivity index is 1.20. The molecule has 2 aromatic carbocycles. The zero-order valence-electron chi connectivity index (χ0n) is 17.1. The summed E-state index contributed by atoms with van der Waals surface area (Å²) >= 11 is 12.0. The van der Waals surface area contributed by atoms with Gasteiger partial charge in [-0.05, 0) is 80.3 Å². The number of fused-ring (bicyclic) bond motifs is 1. The third-order valence-corrected chi connectivity index (χ3v) is 6.37. The fourth-order valence-electron chi connectivity index (χ4n) is 4.11. The van der Waals surface area contributed by atoms with Crippen molar-refractivity contribution in [3.05, 3.63) is 70.5 Å². The molecule has 1 aliphatic rings. The van der Waals surface area contributed by atoms with Crippen LogP contribution in [0.2, 0.25) is 10.0 Å². The molecule has 2 heterocycles. The SMILES string of the molecule is O=C(Nc1ccc2cc(Cl)ccc2n1)C1CCC(c2nnc(-c3ccc(Cl)cc3)o2)CC1. The van der Waals surface area contributed by atoms with Crippen molar-refractivity contribution in [3.63, 3.8) is 0 Å². The summed E-state index contributed by atoms with van der Waals surface area (Å²) in [5.74, 6) is 1.76. The normalized spacial score (nSPS) is 18.6. The predicted molar refractivity (Wildman–Crippen MR) is 125 cm³/mol. The molecule has 0 bridgehead atoms. The number of halogens is 2. The molecule has 2 aromatic heterocycles. The van der Waals surface area contributed by atoms with Gasteiger partial charge in [0.15, 0.2) is 0 Å². The number of amides is 1. The van der Waals surface area contributed by atoms with Gasteiger partial charge in [0.1, 0.15) is 5.82 Å². The summed E-state index contributed by atoms with van der Waals surface area (Å²) < 4.78 is 5.90. The molecule has 0 radical (unpaired) electrons. The van der Waals surface area contributed by atoms with E-state index in [1.807, 2.05) is 30.3 Å². The van der Waals surface area contributed by atoms with E-state index in [0.717, 1.165) is 42.1 Å². The molecule has 1 amide bonds. The third-order valence-electron chi connectivity index (χ3n) is 5.88. The van der Waals surface area contributed by atoms with Crippen molar-refractivity contribution in [1.82, 2.24) is 15.2 Å². The molecule has 0 unspecified atom stereocenters. The van der Waals surface area contributed by atoms with Crippen LogP contribution >= 0.6 is 23.2 Å². The van der Waals surface area contributed by atoms with Crippen molar-refractivity contribution in [3.8, 4) is 11.5 Å². The summed E-state index contributed by atoms with van der Waals surface area (Å²) in [4.78, 5) is 17.3. The highest BCUT2D eigenvalue weighted by Gasteiger charge is 2.30. The van der Waals surface area contributed by atoms with Crippen LogP contribution in [-0.4, -0.2) is 21.1 Å². The highest BCUT2D eigenvalue weighted by molar-refractivity contribution is 6.31. The third kappa shape index (κ3) is 4.47. The van der Waals surface area contributed by atoms with Gasteiger partial charge in [0, 0.05) is 32.8 Å². The van der Waals surface area contributed by atoms with E-state index in [1.54, 1.807) is 24.3 Å². The van der Waals surface area contributed by atoms with Crippen molar-refractivity contribution in [1.29, 1.82) is 0 Å². The molecule has 1 aliphatic carbocycles. The molecule has 8 heteroatoms. The first-order valence-electron chi connectivity index (χ1n) is 10.5. The van der Waals surface area contributed by atoms with Gasteiger partial charge in [0.05, 0.1) is 5.52 Å². The molecule has 162 valence electrons. The van der Waals surface area contributed by atoms with Gasteiger partial charge in [-0.15, -0.1) is 10.2 Å². The lowest BCUT2D eigenvalue weighted by Gasteiger charge is -2.25. The summed E-state index contributed by atoms with van der Waals surface area (Å²) in [5.41, 5.74) is 1.63. The Bertz CT molecular complexity index is 1260. The van der Waals surface area contributed by atoms with Crippen LogP contribution in [0, 0.1) is 5.92 Å². The Morgan fingerprint density at radius 1 is 0.906 bits per heavy atom. The molecule has 0 atom stereocenters. The van der Waals surface area contributed by atoms with Crippen LogP contribution in [0.5, 0.6) is 0 Å². The van der Waals surface area contributed by atoms with E-state index in [-0.39, 0.29) is 17.7 Å². The van der Waals surface area contributed by atoms with E-state index in [0.29, 0.717) is 27.6 Å². The second-order valence-electron chi connectivity index (χ2n) is 8.02. The number of pyridine rings is 1. The minimum Gasteiger partial charge on any atom is -0.420 e. The van der Waals surface area contributed by atoms with Crippen molar-refractivity contribution in [2.24, 2.45) is 5.92 Å². The van der Waals surface area contributed by atoms with Crippen LogP contribution in [0.4, 0.5) is 5.82 Å². The van der Waals surface area contributed by atoms with Crippen LogP contribution in [0.25, 0.3) is 22.4 Å². The molecule has 1 N–H and O–H groups in total. The number of hydrogen-bond donors (Lipinski definition) is 1. The molecule has 5 rings (SSSR count). The summed E-state index contributed by atoms with van der Waals surface area (Å²) in [6, 6.07) is 16.5. The Morgan fingerprint density at radius 3 is 2.44 bits per heavy atom. The Morgan fingerprint density at radius 2 is 1.66 bits per heavy atom. The average molecular weight is 467 g/mol. The van der Waals surface area contributed by atoms with Crippen LogP contribution in [-0.2, 0) is 4.79 Å². The van der Waals surface area contributed by atoms with Crippen molar-refractivity contribution >= 4 is 45.8 Å². The van der Waals surface area contributed by atoms with E-state index in [2.05, 4.69) is 20.5 Å². The topological polar surface area (TPSA) is 80.9 Å². The molecular weight excluding hydrogens is 447 g/mol. The van der Waals surface area contributed by atoms with E-state index in [1.165, 1.54) is 0 Å². The number of anilines is 1. The minimum atomic E-state index is -0.0624. The van der Waals surface area contributed by atoms with Crippen LogP contribution in [0.1, 0.15) is 37.5 Å². The number of nitrogens with one attached hydrogen (secondary N) is 1. The maximum absolute atomic E-state index is 12.8. The molecule has 0 spiro atoms. The first-order chi connectivity index (χ1) is 15.5. The first kappa shape index (κ1) is 20.9. The van der Waals surface area contributed by atoms with Crippen molar-refractivity contribution in [2.45, 2.75) is 31.6 Å². The molecule has 1 saturated carbocycles. The monoisotopic (exact) mass is 466 g/mol. The van der Waals surface area contributed by atoms with Crippen molar-refractivity contribution < 1.29 is 9.21 Å². The number of aromatic nitrogens is 3. The molecule has 1 fully saturated rings. The molecular formula is C24H20Cl2N4O2. The number of benzene rings is 2. The van der Waals surface area contributed by atoms with Gasteiger partial charge in [-0.1, -0.05) is 23.2 Å². The standard InChI is InChI=1S/C24H20Cl2N4O2/c25-18-8-5-16(6-9-18)24-30-29-23(32-24)15-3-1-14(2-4-15)22(31)28-21-12-7-17-13-19(26)10-11-20(17)27-21/h5-15H,1-4H2,(H,27,28,31). The molecule has 4 aromatic rings. The highest BCUT2D eigenvalue weighted by Crippen LogP contribution is 2.36. The van der Waals surface area contributed by atoms with E-state index in [9.17, 15) is 4.79 Å². The van der Waals surface area contributed by atoms with Gasteiger partial charge < -0.3 is 9.73 Å². The Hall–Kier alpha value is -2.96. The van der Waals surface area contributed by atoms with Gasteiger partial charge >= 0.3 is 0 Å². The predicted octanol–water partition coefficient (Wildman–Crippen LogP) is 6.50. The van der Waals surface area contributed by atoms with E-state index in [4.69, 9.17) is 27.6 Å². The lowest BCUT2D eigenvalue weighted by molar-refractivity contribution is -0.120. The zero-order valence-corrected chi connectivity index (χ0v) is 18.6. The van der Waals surface area contributed by atoms with Gasteiger partial charge in [-0.3, -0.25) is 4.79 Å². The lowest BCUT2D eigenvalue weighted by atomic mass is 9.81. The summed E-state index contributed by atoms with van der Waals surface area (Å²) in [5, 5.41) is 13.6. The van der Waals surface area contributed by atoms with Crippen molar-refractivity contribution in [2.75, 3.05) is 5.32 Å². The molecule has 32 heavy (non-hydrogen) atoms. The van der Waals surface area contributed by atoms with Crippen LogP contribution in [0.15, 0.2) is 59.0 Å². The number of hydrogen-bond acceptors (Lipinski definition) is 5. The van der Waals surface area contributed by atoms with Gasteiger partial charge in [0.2, 0.25) is 17.7 Å². The van der Waals surface area contributed by atoms with Crippen LogP contribution < -0.4 is 5.32 Å². The quantitative estimate of drug-likeness (QED) is 0.370.